The van der Waals surface area contributed by atoms with Crippen molar-refractivity contribution in [2.24, 2.45) is 5.92 Å². The summed E-state index contributed by atoms with van der Waals surface area (Å²) in [6.45, 7) is 0. The first kappa shape index (κ1) is 21.5. The van der Waals surface area contributed by atoms with E-state index in [1.165, 1.54) is 12.1 Å². The van der Waals surface area contributed by atoms with E-state index in [0.717, 1.165) is 16.1 Å². The molecule has 1 heterocycles. The lowest BCUT2D eigenvalue weighted by Gasteiger charge is -2.19. The van der Waals surface area contributed by atoms with Crippen molar-refractivity contribution in [2.75, 3.05) is 4.31 Å². The van der Waals surface area contributed by atoms with Crippen molar-refractivity contribution in [3.63, 3.8) is 0 Å². The summed E-state index contributed by atoms with van der Waals surface area (Å²) in [6.07, 6.45) is 1.86. The third-order valence-electron chi connectivity index (χ3n) is 5.25. The number of aliphatic hydroxyl groups excluding tert-OH is 1. The van der Waals surface area contributed by atoms with E-state index in [4.69, 9.17) is 0 Å². The van der Waals surface area contributed by atoms with Crippen molar-refractivity contribution in [3.05, 3.63) is 108 Å². The van der Waals surface area contributed by atoms with Gasteiger partial charge < -0.3 is 10.2 Å². The summed E-state index contributed by atoms with van der Waals surface area (Å²) in [5, 5.41) is 20.0. The van der Waals surface area contributed by atoms with E-state index in [-0.39, 0.29) is 23.1 Å². The fourth-order valence-corrected chi connectivity index (χ4v) is 4.82. The molecule has 1 aliphatic heterocycles. The molecule has 0 spiro atoms. The molecular weight excluding hydrogens is 428 g/mol. The fourth-order valence-electron chi connectivity index (χ4n) is 3.75. The molecule has 0 saturated heterocycles. The number of hydrogen-bond acceptors (Lipinski definition) is 5. The van der Waals surface area contributed by atoms with E-state index in [1.807, 2.05) is 53.3 Å². The number of carbonyl (C=O) groups is 1. The van der Waals surface area contributed by atoms with Crippen LogP contribution in [0, 0.1) is 5.92 Å². The summed E-state index contributed by atoms with van der Waals surface area (Å²) in [4.78, 5) is 13.2. The highest BCUT2D eigenvalue weighted by Gasteiger charge is 2.31. The number of hydrogen-bond donors (Lipinski definition) is 3. The molecule has 7 nitrogen and oxygen atoms in total. The Morgan fingerprint density at radius 2 is 1.50 bits per heavy atom. The topological polar surface area (TPSA) is 107 Å². The predicted molar refractivity (Wildman–Crippen MR) is 121 cm³/mol. The zero-order valence-electron chi connectivity index (χ0n) is 17.0. The number of rotatable bonds is 7. The summed E-state index contributed by atoms with van der Waals surface area (Å²) in [5.74, 6) is -1.18. The molecule has 0 aromatic heterocycles. The van der Waals surface area contributed by atoms with Gasteiger partial charge in [-0.15, -0.1) is 0 Å². The van der Waals surface area contributed by atoms with Crippen LogP contribution in [0.5, 0.6) is 5.75 Å². The smallest absolute Gasteiger partial charge is 0.330 e. The largest absolute Gasteiger partial charge is 0.506 e. The molecule has 0 bridgehead atoms. The van der Waals surface area contributed by atoms with E-state index >= 15 is 0 Å². The van der Waals surface area contributed by atoms with Gasteiger partial charge in [-0.25, -0.2) is 9.03 Å². The average Bonchev–Trinajstić information content (AvgIpc) is 3.06. The first-order chi connectivity index (χ1) is 15.3. The first-order valence-corrected chi connectivity index (χ1v) is 11.5. The Bertz CT molecular complexity index is 1260. The van der Waals surface area contributed by atoms with Crippen LogP contribution in [0.3, 0.4) is 0 Å². The Balaban J connectivity index is 1.62. The van der Waals surface area contributed by atoms with Gasteiger partial charge in [-0.3, -0.25) is 4.79 Å². The summed E-state index contributed by atoms with van der Waals surface area (Å²) in [5.41, 5.74) is 2.33. The Morgan fingerprint density at radius 1 is 0.875 bits per heavy atom. The number of nitrogens with one attached hydrogen (secondary N) is 1. The molecule has 1 atom stereocenters. The Kier molecular flexibility index (Phi) is 5.87. The van der Waals surface area contributed by atoms with E-state index in [9.17, 15) is 23.4 Å². The summed E-state index contributed by atoms with van der Waals surface area (Å²) < 4.78 is 26.9. The lowest BCUT2D eigenvalue weighted by Crippen LogP contribution is -2.29. The molecule has 3 aromatic carbocycles. The van der Waals surface area contributed by atoms with Crippen LogP contribution in [-0.2, 0) is 23.1 Å². The second kappa shape index (κ2) is 8.76. The molecule has 0 aliphatic carbocycles. The van der Waals surface area contributed by atoms with Crippen molar-refractivity contribution in [1.82, 2.24) is 4.72 Å². The van der Waals surface area contributed by atoms with Crippen LogP contribution >= 0.6 is 0 Å². The van der Waals surface area contributed by atoms with Gasteiger partial charge in [0.1, 0.15) is 11.4 Å². The van der Waals surface area contributed by atoms with Gasteiger partial charge in [-0.1, -0.05) is 66.7 Å². The van der Waals surface area contributed by atoms with Gasteiger partial charge in [-0.2, -0.15) is 8.42 Å². The lowest BCUT2D eigenvalue weighted by molar-refractivity contribution is 0.0918. The molecule has 0 radical (unpaired) electrons. The van der Waals surface area contributed by atoms with Crippen molar-refractivity contribution in [3.8, 4) is 5.75 Å². The minimum atomic E-state index is -4.01. The van der Waals surface area contributed by atoms with E-state index in [1.54, 1.807) is 18.2 Å². The van der Waals surface area contributed by atoms with Crippen LogP contribution < -0.4 is 9.03 Å². The number of carbonyl (C=O) groups excluding carboxylic acids is 1. The van der Waals surface area contributed by atoms with Crippen LogP contribution in [0.1, 0.15) is 21.5 Å². The molecule has 0 amide bonds. The average molecular weight is 451 g/mol. The molecule has 3 N–H and O–H groups in total. The van der Waals surface area contributed by atoms with Gasteiger partial charge in [0, 0.05) is 11.5 Å². The normalized spacial score (nSPS) is 15.6. The maximum absolute atomic E-state index is 13.2. The number of aliphatic hydroxyl groups is 1. The molecule has 0 fully saturated rings. The van der Waals surface area contributed by atoms with Gasteiger partial charge in [0.25, 0.3) is 0 Å². The van der Waals surface area contributed by atoms with Crippen molar-refractivity contribution in [2.45, 2.75) is 12.8 Å². The molecule has 3 aromatic rings. The number of phenols is 1. The molecular formula is C24H22N2O5S. The van der Waals surface area contributed by atoms with Gasteiger partial charge in [0.15, 0.2) is 5.78 Å². The number of nitrogens with zero attached hydrogens (tertiary/aromatic N) is 1. The van der Waals surface area contributed by atoms with Crippen LogP contribution in [0.2, 0.25) is 0 Å². The second-order valence-corrected chi connectivity index (χ2v) is 9.11. The van der Waals surface area contributed by atoms with Crippen LogP contribution in [0.25, 0.3) is 0 Å². The van der Waals surface area contributed by atoms with E-state index < -0.39 is 16.1 Å². The van der Waals surface area contributed by atoms with Gasteiger partial charge >= 0.3 is 10.2 Å². The van der Waals surface area contributed by atoms with Crippen molar-refractivity contribution in [1.29, 1.82) is 0 Å². The van der Waals surface area contributed by atoms with Crippen LogP contribution in [0.15, 0.2) is 90.9 Å². The second-order valence-electron chi connectivity index (χ2n) is 7.56. The standard InChI is InChI=1S/C24H22N2O5S/c27-22-15-18(11-12-21(22)26-16-23(28)25-32(26,30)31)14-20(13-17-7-3-1-4-8-17)24(29)19-9-5-2-6-10-19/h1-12,15-16,20,25,27-28H,13-14H2. The van der Waals surface area contributed by atoms with Crippen molar-refractivity contribution >= 4 is 21.7 Å². The molecule has 1 aliphatic rings. The van der Waals surface area contributed by atoms with E-state index in [0.29, 0.717) is 24.0 Å². The highest BCUT2D eigenvalue weighted by atomic mass is 32.2. The molecule has 164 valence electrons. The minimum Gasteiger partial charge on any atom is -0.506 e. The number of benzene rings is 3. The molecule has 4 rings (SSSR count). The molecule has 0 saturated carbocycles. The summed E-state index contributed by atoms with van der Waals surface area (Å²) >= 11 is 0. The van der Waals surface area contributed by atoms with Crippen LogP contribution in [-0.4, -0.2) is 24.4 Å². The number of ketones is 1. The number of Topliss-reactive ketones (excluding diaryl/α,β-unsaturated/α-hetero) is 1. The SMILES string of the molecule is O=C(c1ccccc1)C(Cc1ccccc1)Cc1ccc(N2C=C(O)NS2(=O)=O)c(O)c1. The lowest BCUT2D eigenvalue weighted by atomic mass is 9.86. The minimum absolute atomic E-state index is 0.000653. The number of anilines is 1. The zero-order chi connectivity index (χ0) is 22.7. The summed E-state index contributed by atoms with van der Waals surface area (Å²) in [7, 11) is -4.01. The quantitative estimate of drug-likeness (QED) is 0.476. The van der Waals surface area contributed by atoms with Crippen molar-refractivity contribution < 1.29 is 23.4 Å². The Labute approximate surface area is 186 Å². The first-order valence-electron chi connectivity index (χ1n) is 10.0. The third kappa shape index (κ3) is 4.60. The number of aromatic hydroxyl groups is 1. The molecule has 8 heteroatoms. The highest BCUT2D eigenvalue weighted by Crippen LogP contribution is 2.33. The van der Waals surface area contributed by atoms with Crippen LogP contribution in [0.4, 0.5) is 5.69 Å². The van der Waals surface area contributed by atoms with Gasteiger partial charge in [0.05, 0.1) is 6.20 Å². The molecule has 1 unspecified atom stereocenters. The van der Waals surface area contributed by atoms with Gasteiger partial charge in [0.2, 0.25) is 5.88 Å². The maximum atomic E-state index is 13.2. The monoisotopic (exact) mass is 450 g/mol. The number of phenolic OH excluding ortho intramolecular Hbond substituents is 1. The van der Waals surface area contributed by atoms with Gasteiger partial charge in [-0.05, 0) is 36.1 Å². The Morgan fingerprint density at radius 3 is 2.09 bits per heavy atom. The zero-order valence-corrected chi connectivity index (χ0v) is 17.9. The van der Waals surface area contributed by atoms with E-state index in [2.05, 4.69) is 0 Å². The fraction of sp³-hybridized carbons (Fsp3) is 0.125. The summed E-state index contributed by atoms with van der Waals surface area (Å²) in [6, 6.07) is 23.3. The maximum Gasteiger partial charge on any atom is 0.330 e. The molecule has 32 heavy (non-hydrogen) atoms. The third-order valence-corrected chi connectivity index (χ3v) is 6.53. The Hall–Kier alpha value is -3.78. The predicted octanol–water partition coefficient (Wildman–Crippen LogP) is 3.69. The highest BCUT2D eigenvalue weighted by molar-refractivity contribution is 7.91.